The third-order valence-electron chi connectivity index (χ3n) is 18.7. The Hall–Kier alpha value is -1.99. The fraction of sp³-hybridized carbons (Fsp3) is 0.904. The highest BCUT2D eigenvalue weighted by Gasteiger charge is 2.53. The number of carbonyl (C=O) groups excluding carboxylic acids is 1. The molecule has 3 aliphatic heterocycles. The van der Waals surface area contributed by atoms with Crippen LogP contribution in [-0.4, -0.2) is 193 Å². The number of unbranched alkanes of at least 4 members (excludes halogenated alkanes) is 38. The van der Waals surface area contributed by atoms with E-state index < -0.39 is 124 Å². The van der Waals surface area contributed by atoms with Crippen LogP contribution in [0.25, 0.3) is 0 Å². The van der Waals surface area contributed by atoms with Crippen LogP contribution in [0.5, 0.6) is 0 Å². The number of carbonyl (C=O) groups is 1. The lowest BCUT2D eigenvalue weighted by Gasteiger charge is -2.48. The average Bonchev–Trinajstić information content (AvgIpc) is 0.844. The van der Waals surface area contributed by atoms with Crippen LogP contribution in [-0.2, 0) is 33.2 Å². The molecule has 0 aromatic carbocycles. The summed E-state index contributed by atoms with van der Waals surface area (Å²) in [6.07, 6.45) is 38.4. The van der Waals surface area contributed by atoms with Crippen molar-refractivity contribution >= 4 is 5.91 Å². The number of allylic oxidation sites excluding steroid dienone is 5. The van der Waals surface area contributed by atoms with Crippen LogP contribution in [0.3, 0.4) is 0 Å². The molecule has 0 spiro atoms. The number of amides is 1. The summed E-state index contributed by atoms with van der Waals surface area (Å²) in [5.74, 6) is -0.284. The van der Waals surface area contributed by atoms with E-state index in [4.69, 9.17) is 28.4 Å². The molecule has 19 nitrogen and oxygen atoms in total. The first kappa shape index (κ1) is 84.2. The summed E-state index contributed by atoms with van der Waals surface area (Å²) in [5.41, 5.74) is 0. The topological polar surface area (TPSA) is 307 Å². The molecule has 12 N–H and O–H groups in total. The Labute approximate surface area is 555 Å². The van der Waals surface area contributed by atoms with Gasteiger partial charge in [0.15, 0.2) is 18.9 Å². The molecule has 3 rings (SSSR count). The molecular weight excluding hydrogens is 1180 g/mol. The number of aliphatic hydroxyl groups is 11. The van der Waals surface area contributed by atoms with Gasteiger partial charge in [0.2, 0.25) is 5.91 Å². The SMILES string of the molecule is CCCCCCCCCCCCCCCCCCC/C=C/CC/C=C/CC/C=C/C(O)C(COC1OC(CO)C(OC2OC(CO)C(OC3OC(CO)C(O)C(O)C3O)C(O)C2O)C(O)C1O)NC(=O)CCCCCCCCCCCCCCCCCCCCCC. The van der Waals surface area contributed by atoms with Crippen molar-refractivity contribution in [1.82, 2.24) is 5.32 Å². The molecule has 0 aliphatic carbocycles. The van der Waals surface area contributed by atoms with Crippen LogP contribution < -0.4 is 5.32 Å². The molecule has 17 unspecified atom stereocenters. The maximum Gasteiger partial charge on any atom is 0.220 e. The second-order valence-electron chi connectivity index (χ2n) is 26.7. The Morgan fingerprint density at radius 1 is 0.380 bits per heavy atom. The van der Waals surface area contributed by atoms with Crippen LogP contribution in [0.2, 0.25) is 0 Å². The van der Waals surface area contributed by atoms with Gasteiger partial charge in [0.05, 0.1) is 38.6 Å². The smallest absolute Gasteiger partial charge is 0.220 e. The lowest BCUT2D eigenvalue weighted by molar-refractivity contribution is -0.379. The number of aliphatic hydroxyl groups excluding tert-OH is 11. The molecule has 3 heterocycles. The molecule has 0 aromatic rings. The monoisotopic (exact) mass is 1310 g/mol. The maximum absolute atomic E-state index is 13.4. The van der Waals surface area contributed by atoms with Gasteiger partial charge >= 0.3 is 0 Å². The van der Waals surface area contributed by atoms with Crippen molar-refractivity contribution in [1.29, 1.82) is 0 Å². The highest BCUT2D eigenvalue weighted by atomic mass is 16.8. The first-order valence-corrected chi connectivity index (χ1v) is 37.2. The van der Waals surface area contributed by atoms with Gasteiger partial charge in [-0.3, -0.25) is 4.79 Å². The molecule has 0 aromatic heterocycles. The van der Waals surface area contributed by atoms with E-state index in [1.165, 1.54) is 212 Å². The first-order valence-electron chi connectivity index (χ1n) is 37.2. The van der Waals surface area contributed by atoms with Crippen molar-refractivity contribution in [2.75, 3.05) is 26.4 Å². The van der Waals surface area contributed by atoms with Crippen LogP contribution in [0, 0.1) is 0 Å². The lowest BCUT2D eigenvalue weighted by atomic mass is 9.96. The average molecular weight is 1310 g/mol. The second kappa shape index (κ2) is 55.0. The van der Waals surface area contributed by atoms with Crippen LogP contribution in [0.4, 0.5) is 0 Å². The largest absolute Gasteiger partial charge is 0.394 e. The fourth-order valence-electron chi connectivity index (χ4n) is 12.6. The molecule has 3 saturated heterocycles. The predicted octanol–water partition coefficient (Wildman–Crippen LogP) is 10.8. The summed E-state index contributed by atoms with van der Waals surface area (Å²) >= 11 is 0. The minimum Gasteiger partial charge on any atom is -0.394 e. The molecule has 1 amide bonds. The van der Waals surface area contributed by atoms with Gasteiger partial charge in [0.25, 0.3) is 0 Å². The van der Waals surface area contributed by atoms with Gasteiger partial charge in [0, 0.05) is 6.42 Å². The summed E-state index contributed by atoms with van der Waals surface area (Å²) < 4.78 is 34.4. The van der Waals surface area contributed by atoms with E-state index in [0.717, 1.165) is 44.9 Å². The molecule has 17 atom stereocenters. The fourth-order valence-corrected chi connectivity index (χ4v) is 12.6. The molecule has 0 saturated carbocycles. The van der Waals surface area contributed by atoms with Crippen molar-refractivity contribution in [2.45, 2.75) is 394 Å². The summed E-state index contributed by atoms with van der Waals surface area (Å²) in [7, 11) is 0. The number of ether oxygens (including phenoxy) is 6. The van der Waals surface area contributed by atoms with Crippen molar-refractivity contribution in [2.24, 2.45) is 0 Å². The Balaban J connectivity index is 1.43. The van der Waals surface area contributed by atoms with Crippen LogP contribution >= 0.6 is 0 Å². The summed E-state index contributed by atoms with van der Waals surface area (Å²) in [5, 5.41) is 121. The summed E-state index contributed by atoms with van der Waals surface area (Å²) in [6, 6.07) is -0.995. The van der Waals surface area contributed by atoms with Gasteiger partial charge in [-0.2, -0.15) is 0 Å². The number of hydrogen-bond donors (Lipinski definition) is 12. The third kappa shape index (κ3) is 36.0. The zero-order valence-electron chi connectivity index (χ0n) is 57.3. The van der Waals surface area contributed by atoms with Gasteiger partial charge in [-0.05, 0) is 44.9 Å². The predicted molar refractivity (Wildman–Crippen MR) is 360 cm³/mol. The summed E-state index contributed by atoms with van der Waals surface area (Å²) in [4.78, 5) is 13.4. The van der Waals surface area contributed by atoms with E-state index >= 15 is 0 Å². The zero-order chi connectivity index (χ0) is 66.8. The van der Waals surface area contributed by atoms with E-state index in [1.807, 2.05) is 6.08 Å². The van der Waals surface area contributed by atoms with E-state index in [2.05, 4.69) is 43.5 Å². The summed E-state index contributed by atoms with van der Waals surface area (Å²) in [6.45, 7) is 1.75. The van der Waals surface area contributed by atoms with Gasteiger partial charge in [-0.1, -0.05) is 275 Å². The number of nitrogens with one attached hydrogen (secondary N) is 1. The van der Waals surface area contributed by atoms with Gasteiger partial charge in [-0.15, -0.1) is 0 Å². The first-order chi connectivity index (χ1) is 44.8. The van der Waals surface area contributed by atoms with Gasteiger partial charge in [-0.25, -0.2) is 0 Å². The van der Waals surface area contributed by atoms with Crippen molar-refractivity contribution in [3.05, 3.63) is 36.5 Å². The Bertz CT molecular complexity index is 1810. The van der Waals surface area contributed by atoms with E-state index in [1.54, 1.807) is 6.08 Å². The van der Waals surface area contributed by atoms with Crippen molar-refractivity contribution < 1.29 is 89.4 Å². The van der Waals surface area contributed by atoms with E-state index in [-0.39, 0.29) is 18.9 Å². The van der Waals surface area contributed by atoms with E-state index in [9.17, 15) is 61.0 Å². The molecule has 3 fully saturated rings. The van der Waals surface area contributed by atoms with Crippen molar-refractivity contribution in [3.63, 3.8) is 0 Å². The van der Waals surface area contributed by atoms with E-state index in [0.29, 0.717) is 12.8 Å². The molecular formula is C73H135NO18. The zero-order valence-corrected chi connectivity index (χ0v) is 57.3. The van der Waals surface area contributed by atoms with Crippen molar-refractivity contribution in [3.8, 4) is 0 Å². The normalized spacial score (nSPS) is 27.9. The van der Waals surface area contributed by atoms with Crippen LogP contribution in [0.1, 0.15) is 290 Å². The second-order valence-corrected chi connectivity index (χ2v) is 26.7. The number of hydrogen-bond acceptors (Lipinski definition) is 18. The Morgan fingerprint density at radius 3 is 1.09 bits per heavy atom. The Morgan fingerprint density at radius 2 is 0.696 bits per heavy atom. The molecule has 540 valence electrons. The molecule has 0 radical (unpaired) electrons. The molecule has 3 aliphatic rings. The maximum atomic E-state index is 13.4. The minimum atomic E-state index is -1.98. The molecule has 92 heavy (non-hydrogen) atoms. The molecule has 0 bridgehead atoms. The standard InChI is InChI=1S/C73H135NO18/c1-3-5-7-9-11-13-15-17-19-21-23-25-26-27-28-29-30-31-32-34-36-38-40-42-44-46-48-50-57(78)56(74-61(79)51-49-47-45-43-41-39-37-35-33-24-22-20-18-16-14-12-10-8-6-4-2)55-87-71-67(85)64(82)69(59(53-76)89-71)92-73-68(86)65(83)70(60(54-77)90-73)91-72-66(84)63(81)62(80)58(52-75)88-72/h32,34,40,42,48,50,56-60,62-73,75-78,80-86H,3-31,33,35-39,41,43-47,49,51-55H2,1-2H3,(H,74,79)/b34-32+,42-40+,50-48+. The Kier molecular flexibility index (Phi) is 50.3. The lowest BCUT2D eigenvalue weighted by Crippen LogP contribution is -2.66. The molecule has 19 heteroatoms. The highest BCUT2D eigenvalue weighted by Crippen LogP contribution is 2.33. The number of rotatable bonds is 58. The van der Waals surface area contributed by atoms with Gasteiger partial charge in [0.1, 0.15) is 73.2 Å². The quantitative estimate of drug-likeness (QED) is 0.0199. The minimum absolute atomic E-state index is 0.236. The third-order valence-corrected chi connectivity index (χ3v) is 18.7. The highest BCUT2D eigenvalue weighted by molar-refractivity contribution is 5.76. The van der Waals surface area contributed by atoms with Crippen LogP contribution in [0.15, 0.2) is 36.5 Å². The van der Waals surface area contributed by atoms with Gasteiger partial charge < -0.3 is 89.9 Å².